The maximum atomic E-state index is 3.92. The second kappa shape index (κ2) is 8.60. The van der Waals surface area contributed by atoms with E-state index in [0.29, 0.717) is 0 Å². The third-order valence-corrected chi connectivity index (χ3v) is 1.20. The molecule has 0 aromatic rings. The number of nitrogens with zero attached hydrogens (tertiary/aromatic N) is 1. The van der Waals surface area contributed by atoms with Gasteiger partial charge in [-0.05, 0) is 0 Å². The zero-order valence-electron chi connectivity index (χ0n) is 4.31. The van der Waals surface area contributed by atoms with Crippen molar-refractivity contribution in [2.45, 2.75) is 0 Å². The first-order chi connectivity index (χ1) is 3.91. The van der Waals surface area contributed by atoms with Gasteiger partial charge in [-0.25, -0.2) is 0 Å². The van der Waals surface area contributed by atoms with E-state index in [1.807, 2.05) is 5.55 Å². The van der Waals surface area contributed by atoms with Gasteiger partial charge in [-0.15, -0.1) is 11.8 Å². The van der Waals surface area contributed by atoms with Gasteiger partial charge in [0.15, 0.2) is 0 Å². The van der Waals surface area contributed by atoms with E-state index in [9.17, 15) is 0 Å². The molecule has 44 valence electrons. The molecule has 0 fully saturated rings. The van der Waals surface area contributed by atoms with Gasteiger partial charge < -0.3 is 0 Å². The zero-order chi connectivity index (χ0) is 6.24. The van der Waals surface area contributed by atoms with Gasteiger partial charge in [-0.1, -0.05) is 0 Å². The molecule has 8 heavy (non-hydrogen) atoms. The van der Waals surface area contributed by atoms with E-state index in [1.54, 1.807) is 11.8 Å². The summed E-state index contributed by atoms with van der Waals surface area (Å²) in [5.41, 5.74) is 1.90. The number of hydrogen-bond acceptors (Lipinski definition) is 2. The van der Waals surface area contributed by atoms with Crippen LogP contribution in [0.4, 0.5) is 0 Å². The van der Waals surface area contributed by atoms with Crippen LogP contribution in [0.25, 0.3) is 0 Å². The summed E-state index contributed by atoms with van der Waals surface area (Å²) in [4.78, 5) is 3.92. The Hall–Kier alpha value is 1.60. The molecule has 1 aliphatic rings. The molecule has 0 spiro atoms. The predicted molar refractivity (Wildman–Crippen MR) is 43.7 cm³/mol. The van der Waals surface area contributed by atoms with Crippen LogP contribution in [-0.4, -0.2) is 17.8 Å². The fraction of sp³-hybridized carbons (Fsp3) is 0.667. The second-order valence-corrected chi connectivity index (χ2v) is 16.0. The van der Waals surface area contributed by atoms with Crippen molar-refractivity contribution < 1.29 is 13.2 Å². The van der Waals surface area contributed by atoms with Crippen LogP contribution < -0.4 is 0 Å². The van der Waals surface area contributed by atoms with Gasteiger partial charge in [0, 0.05) is 12.3 Å². The van der Waals surface area contributed by atoms with Crippen molar-refractivity contribution in [3.05, 3.63) is 0 Å². The van der Waals surface area contributed by atoms with Gasteiger partial charge in [0.05, 0.1) is 5.55 Å². The van der Waals surface area contributed by atoms with Crippen LogP contribution in [0.5, 0.6) is 0 Å². The molecule has 0 unspecified atom stereocenters. The van der Waals surface area contributed by atoms with Gasteiger partial charge in [-0.2, -0.15) is 0 Å². The molecule has 0 saturated carbocycles. The van der Waals surface area contributed by atoms with Gasteiger partial charge in [-0.3, -0.25) is 4.99 Å². The van der Waals surface area contributed by atoms with Crippen molar-refractivity contribution in [3.8, 4) is 0 Å². The summed E-state index contributed by atoms with van der Waals surface area (Å²) in [6.07, 6.45) is 0. The third-order valence-electron chi connectivity index (χ3n) is 0.487. The van der Waals surface area contributed by atoms with Gasteiger partial charge in [0.1, 0.15) is 0 Å². The Bertz CT molecular complexity index is 64.3. The fourth-order valence-electron chi connectivity index (χ4n) is 0.264. The minimum absolute atomic E-state index is 0.250. The quantitative estimate of drug-likeness (QED) is 0.626. The van der Waals surface area contributed by atoms with Crippen LogP contribution in [0.3, 0.4) is 0 Å². The fourth-order valence-corrected chi connectivity index (χ4v) is 0.791. The minimum atomic E-state index is -0.250. The molecule has 0 N–H and O–H groups in total. The molecule has 1 nitrogen and oxygen atoms in total. The Kier molecular flexibility index (Phi) is 10.3. The van der Waals surface area contributed by atoms with E-state index in [4.69, 9.17) is 0 Å². The van der Waals surface area contributed by atoms with Crippen molar-refractivity contribution in [2.75, 3.05) is 12.3 Å². The number of halogens is 2. The van der Waals surface area contributed by atoms with Crippen molar-refractivity contribution in [1.82, 2.24) is 0 Å². The predicted octanol–water partition coefficient (Wildman–Crippen LogP) is 2.45. The third kappa shape index (κ3) is 7.60. The van der Waals surface area contributed by atoms with Crippen LogP contribution in [0.1, 0.15) is 0 Å². The topological polar surface area (TPSA) is 12.4 Å². The molecule has 0 aromatic heterocycles. The monoisotopic (exact) mass is 309 g/mol. The number of thioether (sulfide) groups is 1. The average molecular weight is 312 g/mol. The second-order valence-electron chi connectivity index (χ2n) is 0.983. The van der Waals surface area contributed by atoms with Gasteiger partial charge in [0.2, 0.25) is 0 Å². The van der Waals surface area contributed by atoms with E-state index in [0.717, 1.165) is 6.54 Å². The maximum absolute atomic E-state index is 3.92. The van der Waals surface area contributed by atoms with Gasteiger partial charge >= 0.3 is 40.5 Å². The molecule has 0 amide bonds. The molecule has 0 bridgehead atoms. The number of hydrogen-bond donors (Lipinski definition) is 0. The summed E-state index contributed by atoms with van der Waals surface area (Å²) >= 11 is 8.03. The first-order valence-corrected chi connectivity index (χ1v) is 17.1. The molecular formula is C3H5Br2NSZn. The Morgan fingerprint density at radius 2 is 2.25 bits per heavy atom. The van der Waals surface area contributed by atoms with Crippen molar-refractivity contribution in [2.24, 2.45) is 4.99 Å². The Morgan fingerprint density at radius 3 is 2.38 bits per heavy atom. The van der Waals surface area contributed by atoms with Crippen molar-refractivity contribution >= 4 is 44.6 Å². The molecule has 1 heterocycles. The van der Waals surface area contributed by atoms with Crippen LogP contribution >= 0.6 is 39.0 Å². The molecule has 1 rings (SSSR count). The average Bonchev–Trinajstić information content (AvgIpc) is 2.17. The molecule has 1 aliphatic heterocycles. The molecular weight excluding hydrogens is 307 g/mol. The van der Waals surface area contributed by atoms with Crippen LogP contribution in [0.2, 0.25) is 0 Å². The first-order valence-electron chi connectivity index (χ1n) is 2.13. The normalized spacial score (nSPS) is 14.2. The van der Waals surface area contributed by atoms with Crippen LogP contribution in [0.15, 0.2) is 4.99 Å². The van der Waals surface area contributed by atoms with Crippen molar-refractivity contribution in [3.63, 3.8) is 0 Å². The summed E-state index contributed by atoms with van der Waals surface area (Å²) in [5.74, 6) is 1.19. The molecule has 0 radical (unpaired) electrons. The summed E-state index contributed by atoms with van der Waals surface area (Å²) < 4.78 is 0. The molecule has 0 saturated heterocycles. The Balaban J connectivity index is 0.000000145. The molecule has 0 aliphatic carbocycles. The zero-order valence-corrected chi connectivity index (χ0v) is 11.3. The number of rotatable bonds is 0. The van der Waals surface area contributed by atoms with E-state index < -0.39 is 0 Å². The number of aliphatic imine (C=N–C) groups is 1. The van der Waals surface area contributed by atoms with E-state index in [1.165, 1.54) is 5.75 Å². The SMILES string of the molecule is C1=NCCS1.[Br][Zn][Br]. The van der Waals surface area contributed by atoms with Crippen LogP contribution in [0, 0.1) is 0 Å². The molecule has 5 heteroatoms. The first kappa shape index (κ1) is 9.60. The van der Waals surface area contributed by atoms with E-state index in [-0.39, 0.29) is 13.2 Å². The summed E-state index contributed by atoms with van der Waals surface area (Å²) in [7, 11) is 0. The summed E-state index contributed by atoms with van der Waals surface area (Å²) in [6.45, 7) is 1.03. The summed E-state index contributed by atoms with van der Waals surface area (Å²) in [5, 5.41) is 0. The Labute approximate surface area is 74.4 Å². The molecule has 0 aromatic carbocycles. The van der Waals surface area contributed by atoms with Gasteiger partial charge in [0.25, 0.3) is 0 Å². The standard InChI is InChI=1S/C3H5NS.2BrH.Zn/c1-2-5-3-4-1;;;/h3H,1-2H2;2*1H;/q;;;+2/p-2. The molecule has 0 atom stereocenters. The Morgan fingerprint density at radius 1 is 1.62 bits per heavy atom. The van der Waals surface area contributed by atoms with Crippen molar-refractivity contribution in [1.29, 1.82) is 0 Å². The van der Waals surface area contributed by atoms with Crippen LogP contribution in [-0.2, 0) is 13.2 Å². The van der Waals surface area contributed by atoms with E-state index in [2.05, 4.69) is 32.2 Å². The van der Waals surface area contributed by atoms with E-state index >= 15 is 0 Å². The summed E-state index contributed by atoms with van der Waals surface area (Å²) in [6, 6.07) is 0.